The van der Waals surface area contributed by atoms with E-state index in [4.69, 9.17) is 27.9 Å². The predicted octanol–water partition coefficient (Wildman–Crippen LogP) is 4.43. The maximum Gasteiger partial charge on any atom is 0.165 e. The second-order valence-electron chi connectivity index (χ2n) is 4.25. The monoisotopic (exact) mass is 313 g/mol. The van der Waals surface area contributed by atoms with Crippen LogP contribution < -0.4 is 10.1 Å². The first kappa shape index (κ1) is 15.1. The summed E-state index contributed by atoms with van der Waals surface area (Å²) in [5.74, 6) is -0.182. The summed E-state index contributed by atoms with van der Waals surface area (Å²) in [5, 5.41) is 3.98. The molecule has 0 radical (unpaired) electrons. The summed E-state index contributed by atoms with van der Waals surface area (Å²) in [5.41, 5.74) is 1.39. The molecule has 0 unspecified atom stereocenters. The van der Waals surface area contributed by atoms with Gasteiger partial charge in [0.2, 0.25) is 0 Å². The molecule has 0 heterocycles. The highest BCUT2D eigenvalue weighted by atomic mass is 35.5. The zero-order valence-corrected chi connectivity index (χ0v) is 12.4. The Bertz CT molecular complexity index is 584. The Morgan fingerprint density at radius 3 is 2.40 bits per heavy atom. The van der Waals surface area contributed by atoms with Crippen LogP contribution in [0.2, 0.25) is 10.0 Å². The van der Waals surface area contributed by atoms with Crippen molar-refractivity contribution >= 4 is 23.2 Å². The Hall–Kier alpha value is -1.29. The Morgan fingerprint density at radius 1 is 1.10 bits per heavy atom. The van der Waals surface area contributed by atoms with E-state index in [1.807, 2.05) is 6.07 Å². The van der Waals surface area contributed by atoms with Gasteiger partial charge in [-0.05, 0) is 25.2 Å². The second kappa shape index (κ2) is 6.93. The van der Waals surface area contributed by atoms with E-state index >= 15 is 0 Å². The van der Waals surface area contributed by atoms with Crippen LogP contribution in [0.3, 0.4) is 0 Å². The number of para-hydroxylation sites is 1. The van der Waals surface area contributed by atoms with Gasteiger partial charge in [0.1, 0.15) is 6.61 Å². The molecule has 1 N–H and O–H groups in total. The van der Waals surface area contributed by atoms with E-state index in [0.29, 0.717) is 22.2 Å². The topological polar surface area (TPSA) is 21.3 Å². The molecule has 0 bridgehead atoms. The van der Waals surface area contributed by atoms with E-state index in [1.165, 1.54) is 6.07 Å². The molecule has 0 saturated carbocycles. The van der Waals surface area contributed by atoms with Crippen LogP contribution in [0, 0.1) is 5.82 Å². The number of nitrogens with one attached hydrogen (secondary N) is 1. The Labute approximate surface area is 127 Å². The summed E-state index contributed by atoms with van der Waals surface area (Å²) < 4.78 is 19.4. The summed E-state index contributed by atoms with van der Waals surface area (Å²) >= 11 is 12.1. The van der Waals surface area contributed by atoms with E-state index < -0.39 is 5.82 Å². The molecule has 106 valence electrons. The fourth-order valence-corrected chi connectivity index (χ4v) is 2.37. The minimum absolute atomic E-state index is 0.121. The van der Waals surface area contributed by atoms with E-state index in [-0.39, 0.29) is 12.4 Å². The van der Waals surface area contributed by atoms with Gasteiger partial charge >= 0.3 is 0 Å². The molecular formula is C15H14Cl2FNO. The first-order valence-corrected chi connectivity index (χ1v) is 6.86. The van der Waals surface area contributed by atoms with Gasteiger partial charge in [0.05, 0.1) is 0 Å². The molecule has 5 heteroatoms. The van der Waals surface area contributed by atoms with Crippen LogP contribution in [0.4, 0.5) is 4.39 Å². The molecule has 0 atom stereocenters. The van der Waals surface area contributed by atoms with Crippen molar-refractivity contribution in [3.63, 3.8) is 0 Å². The fourth-order valence-electron chi connectivity index (χ4n) is 1.86. The second-order valence-corrected chi connectivity index (χ2v) is 5.06. The van der Waals surface area contributed by atoms with Crippen LogP contribution in [0.5, 0.6) is 5.75 Å². The molecule has 2 aromatic carbocycles. The SMILES string of the molecule is CNCc1cccc(F)c1OCc1c(Cl)cccc1Cl. The van der Waals surface area contributed by atoms with Crippen molar-refractivity contribution in [1.29, 1.82) is 0 Å². The van der Waals surface area contributed by atoms with Crippen LogP contribution in [0.15, 0.2) is 36.4 Å². The summed E-state index contributed by atoms with van der Waals surface area (Å²) in [6.45, 7) is 0.638. The van der Waals surface area contributed by atoms with Crippen molar-refractivity contribution < 1.29 is 9.13 Å². The van der Waals surface area contributed by atoms with Crippen molar-refractivity contribution in [2.45, 2.75) is 13.2 Å². The minimum Gasteiger partial charge on any atom is -0.485 e. The van der Waals surface area contributed by atoms with Crippen molar-refractivity contribution in [1.82, 2.24) is 5.32 Å². The third-order valence-corrected chi connectivity index (χ3v) is 3.55. The van der Waals surface area contributed by atoms with Gasteiger partial charge in [-0.3, -0.25) is 0 Å². The standard InChI is InChI=1S/C15H14Cl2FNO/c1-19-8-10-4-2-7-14(18)15(10)20-9-11-12(16)5-3-6-13(11)17/h2-7,19H,8-9H2,1H3. The normalized spacial score (nSPS) is 10.6. The molecule has 0 amide bonds. The molecule has 0 spiro atoms. The highest BCUT2D eigenvalue weighted by Crippen LogP contribution is 2.28. The van der Waals surface area contributed by atoms with Gasteiger partial charge in [-0.15, -0.1) is 0 Å². The van der Waals surface area contributed by atoms with Crippen molar-refractivity contribution in [3.8, 4) is 5.75 Å². The maximum atomic E-state index is 13.9. The summed E-state index contributed by atoms with van der Waals surface area (Å²) in [4.78, 5) is 0. The molecule has 0 aliphatic rings. The molecule has 20 heavy (non-hydrogen) atoms. The molecule has 0 aliphatic carbocycles. The number of benzene rings is 2. The molecule has 0 aliphatic heterocycles. The van der Waals surface area contributed by atoms with Crippen molar-refractivity contribution in [2.75, 3.05) is 7.05 Å². The number of rotatable bonds is 5. The highest BCUT2D eigenvalue weighted by molar-refractivity contribution is 6.35. The average Bonchev–Trinajstić information content (AvgIpc) is 2.41. The minimum atomic E-state index is -0.402. The van der Waals surface area contributed by atoms with Gasteiger partial charge in [-0.2, -0.15) is 0 Å². The lowest BCUT2D eigenvalue weighted by Crippen LogP contribution is -2.09. The summed E-state index contributed by atoms with van der Waals surface area (Å²) in [6.07, 6.45) is 0. The third kappa shape index (κ3) is 3.42. The zero-order valence-electron chi connectivity index (χ0n) is 10.9. The van der Waals surface area contributed by atoms with Gasteiger partial charge in [0.25, 0.3) is 0 Å². The lowest BCUT2D eigenvalue weighted by Gasteiger charge is -2.13. The number of hydrogen-bond acceptors (Lipinski definition) is 2. The van der Waals surface area contributed by atoms with Crippen LogP contribution in [-0.4, -0.2) is 7.05 Å². The quantitative estimate of drug-likeness (QED) is 0.881. The molecular weight excluding hydrogens is 300 g/mol. The smallest absolute Gasteiger partial charge is 0.165 e. The number of ether oxygens (including phenoxy) is 1. The highest BCUT2D eigenvalue weighted by Gasteiger charge is 2.12. The molecule has 0 aromatic heterocycles. The van der Waals surface area contributed by atoms with E-state index in [1.54, 1.807) is 31.3 Å². The van der Waals surface area contributed by atoms with Gasteiger partial charge < -0.3 is 10.1 Å². The average molecular weight is 314 g/mol. The van der Waals surface area contributed by atoms with Crippen LogP contribution in [0.25, 0.3) is 0 Å². The van der Waals surface area contributed by atoms with E-state index in [9.17, 15) is 4.39 Å². The van der Waals surface area contributed by atoms with Crippen molar-refractivity contribution in [2.24, 2.45) is 0 Å². The molecule has 0 fully saturated rings. The van der Waals surface area contributed by atoms with Crippen LogP contribution in [-0.2, 0) is 13.2 Å². The van der Waals surface area contributed by atoms with Gasteiger partial charge in [0.15, 0.2) is 11.6 Å². The van der Waals surface area contributed by atoms with Crippen LogP contribution >= 0.6 is 23.2 Å². The molecule has 2 rings (SSSR count). The zero-order chi connectivity index (χ0) is 14.5. The van der Waals surface area contributed by atoms with Gasteiger partial charge in [-0.1, -0.05) is 41.4 Å². The largest absolute Gasteiger partial charge is 0.485 e. The lowest BCUT2D eigenvalue weighted by molar-refractivity contribution is 0.286. The summed E-state index contributed by atoms with van der Waals surface area (Å²) in [6, 6.07) is 10.0. The lowest BCUT2D eigenvalue weighted by atomic mass is 10.2. The number of halogens is 3. The molecule has 2 aromatic rings. The third-order valence-electron chi connectivity index (χ3n) is 2.84. The first-order valence-electron chi connectivity index (χ1n) is 6.11. The summed E-state index contributed by atoms with van der Waals surface area (Å²) in [7, 11) is 1.79. The van der Waals surface area contributed by atoms with Gasteiger partial charge in [0, 0.05) is 27.7 Å². The number of hydrogen-bond donors (Lipinski definition) is 1. The Balaban J connectivity index is 2.23. The van der Waals surface area contributed by atoms with Crippen LogP contribution in [0.1, 0.15) is 11.1 Å². The Kier molecular flexibility index (Phi) is 5.24. The molecule has 2 nitrogen and oxygen atoms in total. The van der Waals surface area contributed by atoms with E-state index in [0.717, 1.165) is 5.56 Å². The Morgan fingerprint density at radius 2 is 1.75 bits per heavy atom. The maximum absolute atomic E-state index is 13.9. The predicted molar refractivity (Wildman–Crippen MR) is 80.0 cm³/mol. The van der Waals surface area contributed by atoms with Crippen molar-refractivity contribution in [3.05, 3.63) is 63.4 Å². The first-order chi connectivity index (χ1) is 9.63. The fraction of sp³-hybridized carbons (Fsp3) is 0.200. The molecule has 0 saturated heterocycles. The van der Waals surface area contributed by atoms with E-state index in [2.05, 4.69) is 5.32 Å². The van der Waals surface area contributed by atoms with Gasteiger partial charge in [-0.25, -0.2) is 4.39 Å².